The molecule has 1 aromatic rings. The number of hydrogen-bond donors (Lipinski definition) is 2. The normalized spacial score (nSPS) is 18.5. The predicted molar refractivity (Wildman–Crippen MR) is 90.2 cm³/mol. The maximum Gasteiger partial charge on any atom is 0.410 e. The van der Waals surface area contributed by atoms with Gasteiger partial charge in [0.05, 0.1) is 12.6 Å². The standard InChI is InChI=1S/C18H26N2O4/c1-13(2)15(11-21)19-17(22)16-9-6-10-20(16)18(23)24-12-14-7-4-3-5-8-14/h3-5,7-8,13,15-16,21H,6,9-12H2,1-2H3,(H,19,22)/t15-,16+/m1/s1. The number of likely N-dealkylation sites (tertiary alicyclic amines) is 1. The van der Waals surface area contributed by atoms with E-state index in [1.807, 2.05) is 44.2 Å². The van der Waals surface area contributed by atoms with Crippen LogP contribution in [0.2, 0.25) is 0 Å². The van der Waals surface area contributed by atoms with E-state index in [0.29, 0.717) is 13.0 Å². The fourth-order valence-electron chi connectivity index (χ4n) is 2.76. The van der Waals surface area contributed by atoms with Crippen LogP contribution in [0.4, 0.5) is 4.79 Å². The summed E-state index contributed by atoms with van der Waals surface area (Å²) in [6, 6.07) is 8.61. The Kier molecular flexibility index (Phi) is 6.61. The van der Waals surface area contributed by atoms with Gasteiger partial charge in [0.15, 0.2) is 0 Å². The fourth-order valence-corrected chi connectivity index (χ4v) is 2.76. The van der Waals surface area contributed by atoms with Crippen LogP contribution in [0.1, 0.15) is 32.3 Å². The first-order valence-corrected chi connectivity index (χ1v) is 8.41. The van der Waals surface area contributed by atoms with Gasteiger partial charge in [0.25, 0.3) is 0 Å². The Morgan fingerprint density at radius 2 is 2.04 bits per heavy atom. The molecule has 2 atom stereocenters. The van der Waals surface area contributed by atoms with Crippen LogP contribution >= 0.6 is 0 Å². The zero-order valence-corrected chi connectivity index (χ0v) is 14.3. The number of nitrogens with one attached hydrogen (secondary N) is 1. The van der Waals surface area contributed by atoms with Crippen molar-refractivity contribution < 1.29 is 19.4 Å². The molecule has 0 saturated carbocycles. The van der Waals surface area contributed by atoms with Gasteiger partial charge in [0, 0.05) is 6.54 Å². The van der Waals surface area contributed by atoms with Crippen molar-refractivity contribution in [3.63, 3.8) is 0 Å². The summed E-state index contributed by atoms with van der Waals surface area (Å²) < 4.78 is 5.33. The summed E-state index contributed by atoms with van der Waals surface area (Å²) in [7, 11) is 0. The van der Waals surface area contributed by atoms with E-state index in [2.05, 4.69) is 5.32 Å². The third kappa shape index (κ3) is 4.71. The average molecular weight is 334 g/mol. The van der Waals surface area contributed by atoms with Crippen molar-refractivity contribution in [3.8, 4) is 0 Å². The Labute approximate surface area is 142 Å². The molecule has 2 amide bonds. The van der Waals surface area contributed by atoms with E-state index in [1.54, 1.807) is 0 Å². The summed E-state index contributed by atoms with van der Waals surface area (Å²) in [4.78, 5) is 26.2. The minimum absolute atomic E-state index is 0.116. The average Bonchev–Trinajstić information content (AvgIpc) is 3.08. The van der Waals surface area contributed by atoms with Gasteiger partial charge in [0.1, 0.15) is 12.6 Å². The molecule has 1 aliphatic rings. The maximum absolute atomic E-state index is 12.4. The first-order valence-electron chi connectivity index (χ1n) is 8.41. The van der Waals surface area contributed by atoms with E-state index in [1.165, 1.54) is 4.90 Å². The molecule has 0 spiro atoms. The Balaban J connectivity index is 1.91. The number of rotatable bonds is 6. The van der Waals surface area contributed by atoms with Gasteiger partial charge >= 0.3 is 6.09 Å². The molecule has 6 nitrogen and oxygen atoms in total. The number of carbonyl (C=O) groups is 2. The summed E-state index contributed by atoms with van der Waals surface area (Å²) in [5.74, 6) is -0.101. The fraction of sp³-hybridized carbons (Fsp3) is 0.556. The lowest BCUT2D eigenvalue weighted by molar-refractivity contribution is -0.126. The van der Waals surface area contributed by atoms with E-state index in [4.69, 9.17) is 4.74 Å². The van der Waals surface area contributed by atoms with Crippen molar-refractivity contribution in [2.24, 2.45) is 5.92 Å². The molecule has 1 fully saturated rings. The van der Waals surface area contributed by atoms with Gasteiger partial charge in [-0.3, -0.25) is 9.69 Å². The molecule has 2 rings (SSSR count). The second-order valence-electron chi connectivity index (χ2n) is 6.43. The van der Waals surface area contributed by atoms with Crippen molar-refractivity contribution in [1.29, 1.82) is 0 Å². The second kappa shape index (κ2) is 8.68. The van der Waals surface area contributed by atoms with Gasteiger partial charge in [0.2, 0.25) is 5.91 Å². The van der Waals surface area contributed by atoms with Crippen molar-refractivity contribution in [3.05, 3.63) is 35.9 Å². The molecule has 0 aromatic heterocycles. The highest BCUT2D eigenvalue weighted by Crippen LogP contribution is 2.19. The summed E-state index contributed by atoms with van der Waals surface area (Å²) in [5.41, 5.74) is 0.909. The summed E-state index contributed by atoms with van der Waals surface area (Å²) in [5, 5.41) is 12.2. The van der Waals surface area contributed by atoms with Crippen molar-refractivity contribution in [2.45, 2.75) is 45.4 Å². The quantitative estimate of drug-likeness (QED) is 0.833. The number of amides is 2. The van der Waals surface area contributed by atoms with Gasteiger partial charge in [-0.25, -0.2) is 4.79 Å². The third-order valence-corrected chi connectivity index (χ3v) is 4.32. The minimum Gasteiger partial charge on any atom is -0.445 e. The lowest BCUT2D eigenvalue weighted by atomic mass is 10.0. The summed E-state index contributed by atoms with van der Waals surface area (Å²) in [6.45, 7) is 4.45. The third-order valence-electron chi connectivity index (χ3n) is 4.32. The second-order valence-corrected chi connectivity index (χ2v) is 6.43. The Morgan fingerprint density at radius 1 is 1.33 bits per heavy atom. The van der Waals surface area contributed by atoms with Crippen LogP contribution in [0.5, 0.6) is 0 Å². The Morgan fingerprint density at radius 3 is 2.67 bits per heavy atom. The summed E-state index contributed by atoms with van der Waals surface area (Å²) in [6.07, 6.45) is 0.911. The van der Waals surface area contributed by atoms with Gasteiger partial charge in [-0.15, -0.1) is 0 Å². The topological polar surface area (TPSA) is 78.9 Å². The molecular weight excluding hydrogens is 308 g/mol. The van der Waals surface area contributed by atoms with Gasteiger partial charge in [-0.2, -0.15) is 0 Å². The lowest BCUT2D eigenvalue weighted by Gasteiger charge is -2.26. The van der Waals surface area contributed by atoms with Crippen molar-refractivity contribution in [2.75, 3.05) is 13.2 Å². The molecular formula is C18H26N2O4. The first kappa shape index (κ1) is 18.3. The van der Waals surface area contributed by atoms with Crippen molar-refractivity contribution >= 4 is 12.0 Å². The molecule has 0 aliphatic carbocycles. The number of aliphatic hydroxyl groups is 1. The molecule has 1 aliphatic heterocycles. The van der Waals surface area contributed by atoms with Gasteiger partial charge < -0.3 is 15.2 Å². The number of carbonyl (C=O) groups excluding carboxylic acids is 2. The van der Waals surface area contributed by atoms with E-state index < -0.39 is 12.1 Å². The Bertz CT molecular complexity index is 547. The highest BCUT2D eigenvalue weighted by molar-refractivity contribution is 5.86. The Hall–Kier alpha value is -2.08. The van der Waals surface area contributed by atoms with Crippen LogP contribution in [0, 0.1) is 5.92 Å². The van der Waals surface area contributed by atoms with Crippen LogP contribution in [-0.2, 0) is 16.1 Å². The first-order chi connectivity index (χ1) is 11.5. The minimum atomic E-state index is -0.527. The van der Waals surface area contributed by atoms with E-state index in [0.717, 1.165) is 12.0 Å². The van der Waals surface area contributed by atoms with Crippen LogP contribution in [0.15, 0.2) is 30.3 Å². The molecule has 132 valence electrons. The zero-order valence-electron chi connectivity index (χ0n) is 14.3. The van der Waals surface area contributed by atoms with E-state index >= 15 is 0 Å². The molecule has 1 saturated heterocycles. The van der Waals surface area contributed by atoms with Gasteiger partial charge in [-0.1, -0.05) is 44.2 Å². The number of aliphatic hydroxyl groups excluding tert-OH is 1. The lowest BCUT2D eigenvalue weighted by Crippen LogP contribution is -2.51. The summed E-state index contributed by atoms with van der Waals surface area (Å²) >= 11 is 0. The monoisotopic (exact) mass is 334 g/mol. The molecule has 6 heteroatoms. The number of benzene rings is 1. The van der Waals surface area contributed by atoms with Gasteiger partial charge in [-0.05, 0) is 24.3 Å². The number of ether oxygens (including phenoxy) is 1. The highest BCUT2D eigenvalue weighted by Gasteiger charge is 2.36. The number of nitrogens with zero attached hydrogens (tertiary/aromatic N) is 1. The molecule has 1 aromatic carbocycles. The molecule has 0 radical (unpaired) electrons. The zero-order chi connectivity index (χ0) is 17.5. The van der Waals surface area contributed by atoms with Crippen LogP contribution in [0.3, 0.4) is 0 Å². The van der Waals surface area contributed by atoms with Crippen LogP contribution in [-0.4, -0.2) is 47.2 Å². The molecule has 1 heterocycles. The van der Waals surface area contributed by atoms with Crippen LogP contribution in [0.25, 0.3) is 0 Å². The van der Waals surface area contributed by atoms with E-state index in [9.17, 15) is 14.7 Å². The van der Waals surface area contributed by atoms with E-state index in [-0.39, 0.29) is 31.1 Å². The largest absolute Gasteiger partial charge is 0.445 e. The molecule has 24 heavy (non-hydrogen) atoms. The smallest absolute Gasteiger partial charge is 0.410 e. The molecule has 0 bridgehead atoms. The maximum atomic E-state index is 12.4. The number of hydrogen-bond acceptors (Lipinski definition) is 4. The highest BCUT2D eigenvalue weighted by atomic mass is 16.6. The SMILES string of the molecule is CC(C)[C@@H](CO)NC(=O)[C@@H]1CCCN1C(=O)OCc1ccccc1. The molecule has 0 unspecified atom stereocenters. The van der Waals surface area contributed by atoms with Crippen LogP contribution < -0.4 is 5.32 Å². The molecule has 2 N–H and O–H groups in total. The predicted octanol–water partition coefficient (Wildman–Crippen LogP) is 1.92. The van der Waals surface area contributed by atoms with Crippen molar-refractivity contribution in [1.82, 2.24) is 10.2 Å².